The van der Waals surface area contributed by atoms with Crippen molar-refractivity contribution in [2.45, 2.75) is 19.5 Å². The van der Waals surface area contributed by atoms with Crippen LogP contribution in [0.25, 0.3) is 0 Å². The minimum Gasteiger partial charge on any atom is -0.370 e. The lowest BCUT2D eigenvalue weighted by atomic mass is 10.1. The van der Waals surface area contributed by atoms with Gasteiger partial charge in [0.05, 0.1) is 5.71 Å². The molecule has 0 aromatic heterocycles. The van der Waals surface area contributed by atoms with E-state index in [4.69, 9.17) is 0 Å². The summed E-state index contributed by atoms with van der Waals surface area (Å²) in [5.41, 5.74) is 5.22. The first-order valence-corrected chi connectivity index (χ1v) is 4.96. The quantitative estimate of drug-likeness (QED) is 0.654. The molecule has 1 aliphatic carbocycles. The lowest BCUT2D eigenvalue weighted by molar-refractivity contribution is 0.661. The molecule has 0 spiro atoms. The molecule has 14 heavy (non-hydrogen) atoms. The highest BCUT2D eigenvalue weighted by Gasteiger charge is 2.24. The van der Waals surface area contributed by atoms with Gasteiger partial charge in [0, 0.05) is 18.2 Å². The van der Waals surface area contributed by atoms with Gasteiger partial charge in [0.1, 0.15) is 6.17 Å². The molecule has 2 aliphatic rings. The van der Waals surface area contributed by atoms with Gasteiger partial charge in [-0.3, -0.25) is 4.99 Å². The number of rotatable bonds is 0. The predicted molar refractivity (Wildman–Crippen MR) is 57.4 cm³/mol. The average molecular weight is 184 g/mol. The van der Waals surface area contributed by atoms with E-state index in [-0.39, 0.29) is 6.17 Å². The topological polar surface area (TPSA) is 24.4 Å². The van der Waals surface area contributed by atoms with Crippen LogP contribution in [0.1, 0.15) is 18.1 Å². The number of nitrogens with one attached hydrogen (secondary N) is 1. The van der Waals surface area contributed by atoms with Crippen molar-refractivity contribution in [3.63, 3.8) is 0 Å². The Morgan fingerprint density at radius 2 is 2.21 bits per heavy atom. The van der Waals surface area contributed by atoms with Crippen LogP contribution in [0.4, 0.5) is 0 Å². The molecule has 1 aromatic carbocycles. The van der Waals surface area contributed by atoms with Crippen molar-refractivity contribution < 1.29 is 0 Å². The summed E-state index contributed by atoms with van der Waals surface area (Å²) in [6.45, 7) is 2.07. The molecule has 0 fully saturated rings. The molecular formula is C12H12N2. The summed E-state index contributed by atoms with van der Waals surface area (Å²) in [5.74, 6) is 0. The highest BCUT2D eigenvalue weighted by molar-refractivity contribution is 6.17. The van der Waals surface area contributed by atoms with Gasteiger partial charge in [-0.2, -0.15) is 0 Å². The first-order chi connectivity index (χ1) is 6.84. The van der Waals surface area contributed by atoms with Crippen molar-refractivity contribution in [3.05, 3.63) is 47.2 Å². The molecular weight excluding hydrogens is 172 g/mol. The van der Waals surface area contributed by atoms with E-state index in [1.165, 1.54) is 22.4 Å². The SMILES string of the molecule is CC1N=C2C(=CN1)Cc1ccccc12. The van der Waals surface area contributed by atoms with E-state index in [0.717, 1.165) is 6.42 Å². The van der Waals surface area contributed by atoms with Crippen LogP contribution in [0.5, 0.6) is 0 Å². The molecule has 2 nitrogen and oxygen atoms in total. The van der Waals surface area contributed by atoms with Crippen LogP contribution in [-0.2, 0) is 6.42 Å². The number of allylic oxidation sites excluding steroid dienone is 1. The van der Waals surface area contributed by atoms with Gasteiger partial charge < -0.3 is 5.32 Å². The number of aliphatic imine (C=N–C) groups is 1. The van der Waals surface area contributed by atoms with Crippen LogP contribution >= 0.6 is 0 Å². The van der Waals surface area contributed by atoms with Gasteiger partial charge in [0.25, 0.3) is 0 Å². The zero-order chi connectivity index (χ0) is 9.54. The Hall–Kier alpha value is -1.57. The monoisotopic (exact) mass is 184 g/mol. The normalized spacial score (nSPS) is 23.1. The van der Waals surface area contributed by atoms with Crippen LogP contribution < -0.4 is 5.32 Å². The minimum atomic E-state index is 0.208. The van der Waals surface area contributed by atoms with E-state index in [1.54, 1.807) is 0 Å². The van der Waals surface area contributed by atoms with Crippen molar-refractivity contribution in [1.29, 1.82) is 0 Å². The molecule has 1 N–H and O–H groups in total. The second-order valence-corrected chi connectivity index (χ2v) is 3.82. The van der Waals surface area contributed by atoms with Gasteiger partial charge >= 0.3 is 0 Å². The maximum atomic E-state index is 4.62. The zero-order valence-electron chi connectivity index (χ0n) is 8.12. The number of fused-ring (bicyclic) bond motifs is 3. The van der Waals surface area contributed by atoms with Crippen LogP contribution in [-0.4, -0.2) is 11.9 Å². The third-order valence-corrected chi connectivity index (χ3v) is 2.78. The molecule has 0 amide bonds. The first kappa shape index (κ1) is 7.80. The molecule has 3 rings (SSSR count). The van der Waals surface area contributed by atoms with E-state index in [0.29, 0.717) is 0 Å². The summed E-state index contributed by atoms with van der Waals surface area (Å²) in [5, 5.41) is 3.24. The molecule has 0 saturated carbocycles. The van der Waals surface area contributed by atoms with Crippen LogP contribution in [0.3, 0.4) is 0 Å². The molecule has 1 aromatic rings. The van der Waals surface area contributed by atoms with E-state index in [2.05, 4.69) is 47.7 Å². The Labute approximate surface area is 83.4 Å². The van der Waals surface area contributed by atoms with Gasteiger partial charge in [-0.1, -0.05) is 24.3 Å². The largest absolute Gasteiger partial charge is 0.370 e. The fraction of sp³-hybridized carbons (Fsp3) is 0.250. The number of benzene rings is 1. The highest BCUT2D eigenvalue weighted by Crippen LogP contribution is 2.28. The van der Waals surface area contributed by atoms with Gasteiger partial charge in [0.15, 0.2) is 0 Å². The molecule has 70 valence electrons. The van der Waals surface area contributed by atoms with Crippen LogP contribution in [0, 0.1) is 0 Å². The van der Waals surface area contributed by atoms with Crippen molar-refractivity contribution in [2.24, 2.45) is 4.99 Å². The highest BCUT2D eigenvalue weighted by atomic mass is 15.1. The summed E-state index contributed by atoms with van der Waals surface area (Å²) in [4.78, 5) is 4.62. The maximum absolute atomic E-state index is 4.62. The number of hydrogen-bond donors (Lipinski definition) is 1. The van der Waals surface area contributed by atoms with Gasteiger partial charge in [-0.25, -0.2) is 0 Å². The first-order valence-electron chi connectivity index (χ1n) is 4.96. The van der Waals surface area contributed by atoms with Gasteiger partial charge in [-0.15, -0.1) is 0 Å². The number of nitrogens with zero attached hydrogens (tertiary/aromatic N) is 1. The Morgan fingerprint density at radius 3 is 3.14 bits per heavy atom. The standard InChI is InChI=1S/C12H12N2/c1-8-13-7-10-6-9-4-2-3-5-11(9)12(10)14-8/h2-5,7-8,13H,6H2,1H3. The average Bonchev–Trinajstić information content (AvgIpc) is 2.56. The Kier molecular flexibility index (Phi) is 1.51. The van der Waals surface area contributed by atoms with Crippen molar-refractivity contribution in [1.82, 2.24) is 5.32 Å². The van der Waals surface area contributed by atoms with E-state index in [1.807, 2.05) is 0 Å². The van der Waals surface area contributed by atoms with Gasteiger partial charge in [0.2, 0.25) is 0 Å². The van der Waals surface area contributed by atoms with Crippen molar-refractivity contribution in [2.75, 3.05) is 0 Å². The molecule has 1 aliphatic heterocycles. The predicted octanol–water partition coefficient (Wildman–Crippen LogP) is 1.86. The Morgan fingerprint density at radius 1 is 1.36 bits per heavy atom. The molecule has 1 unspecified atom stereocenters. The van der Waals surface area contributed by atoms with E-state index >= 15 is 0 Å². The fourth-order valence-corrected chi connectivity index (χ4v) is 2.09. The van der Waals surface area contributed by atoms with E-state index < -0.39 is 0 Å². The zero-order valence-corrected chi connectivity index (χ0v) is 8.12. The lowest BCUT2D eigenvalue weighted by Gasteiger charge is -2.15. The second-order valence-electron chi connectivity index (χ2n) is 3.82. The van der Waals surface area contributed by atoms with Crippen molar-refractivity contribution in [3.8, 4) is 0 Å². The third-order valence-electron chi connectivity index (χ3n) is 2.78. The molecule has 0 radical (unpaired) electrons. The number of hydrogen-bond acceptors (Lipinski definition) is 2. The second kappa shape index (κ2) is 2.71. The van der Waals surface area contributed by atoms with Crippen LogP contribution in [0.2, 0.25) is 0 Å². The summed E-state index contributed by atoms with van der Waals surface area (Å²) in [6, 6.07) is 8.51. The summed E-state index contributed by atoms with van der Waals surface area (Å²) in [6.07, 6.45) is 3.33. The Bertz CT molecular complexity index is 443. The minimum absolute atomic E-state index is 0.208. The Balaban J connectivity index is 2.18. The summed E-state index contributed by atoms with van der Waals surface area (Å²) < 4.78 is 0. The summed E-state index contributed by atoms with van der Waals surface area (Å²) >= 11 is 0. The van der Waals surface area contributed by atoms with E-state index in [9.17, 15) is 0 Å². The molecule has 1 atom stereocenters. The third kappa shape index (κ3) is 1.00. The van der Waals surface area contributed by atoms with Crippen molar-refractivity contribution >= 4 is 5.71 Å². The summed E-state index contributed by atoms with van der Waals surface area (Å²) in [7, 11) is 0. The maximum Gasteiger partial charge on any atom is 0.116 e. The molecule has 2 heteroatoms. The molecule has 0 saturated heterocycles. The smallest absolute Gasteiger partial charge is 0.116 e. The molecule has 1 heterocycles. The lowest BCUT2D eigenvalue weighted by Crippen LogP contribution is -2.25. The van der Waals surface area contributed by atoms with Crippen LogP contribution in [0.15, 0.2) is 41.0 Å². The fourth-order valence-electron chi connectivity index (χ4n) is 2.09. The molecule has 0 bridgehead atoms. The van der Waals surface area contributed by atoms with Gasteiger partial charge in [-0.05, 0) is 18.1 Å².